The molecule has 0 unspecified atom stereocenters. The van der Waals surface area contributed by atoms with Crippen molar-refractivity contribution in [3.8, 4) is 11.5 Å². The topological polar surface area (TPSA) is 122 Å². The highest BCUT2D eigenvalue weighted by Gasteiger charge is 2.36. The molecule has 2 aromatic carbocycles. The first kappa shape index (κ1) is 24.2. The number of anilines is 1. The maximum Gasteiger partial charge on any atom is 0.341 e. The highest BCUT2D eigenvalue weighted by Crippen LogP contribution is 2.37. The molecule has 11 heteroatoms. The van der Waals surface area contributed by atoms with Crippen LogP contribution in [0.25, 0.3) is 6.08 Å². The van der Waals surface area contributed by atoms with Crippen LogP contribution in [0.15, 0.2) is 52.3 Å². The van der Waals surface area contributed by atoms with Crippen LogP contribution in [0, 0.1) is 0 Å². The lowest BCUT2D eigenvalue weighted by atomic mass is 10.1. The number of para-hydroxylation sites is 1. The predicted octanol–water partition coefficient (Wildman–Crippen LogP) is 3.56. The van der Waals surface area contributed by atoms with Crippen molar-refractivity contribution in [3.05, 3.63) is 52.9 Å². The van der Waals surface area contributed by atoms with Gasteiger partial charge in [0.1, 0.15) is 6.54 Å². The van der Waals surface area contributed by atoms with Gasteiger partial charge in [0.15, 0.2) is 18.1 Å². The van der Waals surface area contributed by atoms with Crippen LogP contribution in [-0.2, 0) is 14.4 Å². The number of nitrogens with one attached hydrogen (secondary N) is 1. The molecule has 172 valence electrons. The number of carboxylic acids is 1. The first-order valence-electron chi connectivity index (χ1n) is 9.53. The third-order valence-electron chi connectivity index (χ3n) is 4.38. The van der Waals surface area contributed by atoms with E-state index in [-0.39, 0.29) is 16.4 Å². The Hall–Kier alpha value is -3.44. The van der Waals surface area contributed by atoms with Crippen LogP contribution in [-0.4, -0.2) is 59.5 Å². The number of ether oxygens (including phenoxy) is 2. The Labute approximate surface area is 198 Å². The van der Waals surface area contributed by atoms with E-state index >= 15 is 0 Å². The van der Waals surface area contributed by atoms with E-state index in [2.05, 4.69) is 5.32 Å². The van der Waals surface area contributed by atoms with Crippen molar-refractivity contribution < 1.29 is 33.8 Å². The van der Waals surface area contributed by atoms with Crippen molar-refractivity contribution in [2.24, 2.45) is 0 Å². The van der Waals surface area contributed by atoms with Gasteiger partial charge in [-0.25, -0.2) is 4.79 Å². The number of imide groups is 1. The number of carbonyl (C=O) groups is 4. The maximum absolute atomic E-state index is 12.8. The Morgan fingerprint density at radius 3 is 2.67 bits per heavy atom. The molecule has 1 heterocycles. The molecule has 2 aromatic rings. The fourth-order valence-electron chi connectivity index (χ4n) is 2.92. The van der Waals surface area contributed by atoms with Gasteiger partial charge in [-0.2, -0.15) is 0 Å². The molecule has 3 amide bonds. The molecule has 0 aliphatic carbocycles. The van der Waals surface area contributed by atoms with Crippen LogP contribution >= 0.6 is 23.5 Å². The van der Waals surface area contributed by atoms with Crippen molar-refractivity contribution >= 4 is 58.3 Å². The minimum absolute atomic E-state index is 0.0746. The Bertz CT molecular complexity index is 1130. The van der Waals surface area contributed by atoms with Gasteiger partial charge in [-0.3, -0.25) is 19.3 Å². The van der Waals surface area contributed by atoms with Gasteiger partial charge in [0.25, 0.3) is 11.1 Å². The van der Waals surface area contributed by atoms with Crippen molar-refractivity contribution in [2.45, 2.75) is 4.90 Å². The number of carboxylic acid groups (broad SMARTS) is 1. The molecule has 0 bridgehead atoms. The van der Waals surface area contributed by atoms with E-state index in [4.69, 9.17) is 14.6 Å². The molecule has 1 saturated heterocycles. The van der Waals surface area contributed by atoms with Gasteiger partial charge in [0, 0.05) is 16.1 Å². The summed E-state index contributed by atoms with van der Waals surface area (Å²) in [5.74, 6) is -1.92. The fraction of sp³-hybridized carbons (Fsp3) is 0.182. The largest absolute Gasteiger partial charge is 0.493 e. The number of benzene rings is 2. The normalized spacial score (nSPS) is 14.5. The molecule has 1 aliphatic rings. The lowest BCUT2D eigenvalue weighted by Crippen LogP contribution is -2.36. The lowest BCUT2D eigenvalue weighted by molar-refractivity contribution is -0.139. The summed E-state index contributed by atoms with van der Waals surface area (Å²) >= 11 is 2.20. The summed E-state index contributed by atoms with van der Waals surface area (Å²) in [6, 6.07) is 12.0. The van der Waals surface area contributed by atoms with Gasteiger partial charge in [-0.15, -0.1) is 11.8 Å². The first-order chi connectivity index (χ1) is 15.8. The highest BCUT2D eigenvalue weighted by molar-refractivity contribution is 8.18. The Morgan fingerprint density at radius 2 is 1.97 bits per heavy atom. The summed E-state index contributed by atoms with van der Waals surface area (Å²) < 4.78 is 10.5. The second-order valence-electron chi connectivity index (χ2n) is 6.61. The monoisotopic (exact) mass is 488 g/mol. The Balaban J connectivity index is 1.77. The van der Waals surface area contributed by atoms with E-state index < -0.39 is 36.2 Å². The number of amides is 3. The number of thioether (sulfide) groups is 2. The van der Waals surface area contributed by atoms with Crippen LogP contribution in [0.1, 0.15) is 5.56 Å². The summed E-state index contributed by atoms with van der Waals surface area (Å²) in [5, 5.41) is 11.0. The summed E-state index contributed by atoms with van der Waals surface area (Å²) in [6.45, 7) is -1.05. The zero-order valence-electron chi connectivity index (χ0n) is 17.7. The van der Waals surface area contributed by atoms with Gasteiger partial charge in [0.05, 0.1) is 12.0 Å². The number of carbonyl (C=O) groups excluding carboxylic acids is 3. The Kier molecular flexibility index (Phi) is 8.01. The van der Waals surface area contributed by atoms with Gasteiger partial charge in [-0.05, 0) is 48.4 Å². The van der Waals surface area contributed by atoms with Gasteiger partial charge >= 0.3 is 5.97 Å². The molecule has 0 saturated carbocycles. The van der Waals surface area contributed by atoms with E-state index in [0.717, 1.165) is 9.80 Å². The van der Waals surface area contributed by atoms with E-state index in [1.54, 1.807) is 36.4 Å². The van der Waals surface area contributed by atoms with Crippen LogP contribution in [0.5, 0.6) is 11.5 Å². The molecule has 1 fully saturated rings. The van der Waals surface area contributed by atoms with E-state index in [9.17, 15) is 19.2 Å². The Morgan fingerprint density at radius 1 is 1.21 bits per heavy atom. The number of nitrogens with zero attached hydrogens (tertiary/aromatic N) is 1. The minimum atomic E-state index is -1.18. The minimum Gasteiger partial charge on any atom is -0.493 e. The SMILES string of the molecule is COc1cccc(/C=C2/SC(=O)N(CC(=O)Nc3cccc(SC)c3)C2=O)c1OCC(=O)O. The first-order valence-corrected chi connectivity index (χ1v) is 11.6. The highest BCUT2D eigenvalue weighted by atomic mass is 32.2. The quantitative estimate of drug-likeness (QED) is 0.403. The zero-order valence-corrected chi connectivity index (χ0v) is 19.3. The molecular weight excluding hydrogens is 468 g/mol. The molecule has 9 nitrogen and oxygen atoms in total. The third kappa shape index (κ3) is 6.08. The van der Waals surface area contributed by atoms with E-state index in [1.165, 1.54) is 24.9 Å². The smallest absolute Gasteiger partial charge is 0.341 e. The van der Waals surface area contributed by atoms with Gasteiger partial charge in [-0.1, -0.05) is 18.2 Å². The summed E-state index contributed by atoms with van der Waals surface area (Å²) in [5.41, 5.74) is 0.922. The van der Waals surface area contributed by atoms with Gasteiger partial charge in [0.2, 0.25) is 5.91 Å². The molecule has 1 aliphatic heterocycles. The second-order valence-corrected chi connectivity index (χ2v) is 8.48. The average molecular weight is 489 g/mol. The molecule has 33 heavy (non-hydrogen) atoms. The van der Waals surface area contributed by atoms with E-state index in [1.807, 2.05) is 12.3 Å². The van der Waals surface area contributed by atoms with Crippen LogP contribution < -0.4 is 14.8 Å². The summed E-state index contributed by atoms with van der Waals surface area (Å²) in [7, 11) is 1.40. The number of aliphatic carboxylic acids is 1. The third-order valence-corrected chi connectivity index (χ3v) is 6.02. The number of methoxy groups -OCH3 is 1. The summed E-state index contributed by atoms with van der Waals surface area (Å²) in [6.07, 6.45) is 3.32. The van der Waals surface area contributed by atoms with Crippen LogP contribution in [0.3, 0.4) is 0 Å². The van der Waals surface area contributed by atoms with Crippen molar-refractivity contribution in [1.82, 2.24) is 4.90 Å². The molecule has 2 N–H and O–H groups in total. The molecule has 0 spiro atoms. The standard InChI is InChI=1S/C22H20N2O7S2/c1-30-16-8-3-5-13(20(16)31-12-19(26)27)9-17-21(28)24(22(29)33-17)11-18(25)23-14-6-4-7-15(10-14)32-2/h3-10H,11-12H2,1-2H3,(H,23,25)(H,26,27)/b17-9+. The summed E-state index contributed by atoms with van der Waals surface area (Å²) in [4.78, 5) is 50.4. The van der Waals surface area contributed by atoms with Crippen molar-refractivity contribution in [2.75, 3.05) is 31.8 Å². The molecule has 0 atom stereocenters. The maximum atomic E-state index is 12.8. The average Bonchev–Trinajstić information content (AvgIpc) is 3.05. The second kappa shape index (κ2) is 10.9. The molecule has 3 rings (SSSR count). The number of hydrogen-bond donors (Lipinski definition) is 2. The van der Waals surface area contributed by atoms with Crippen molar-refractivity contribution in [3.63, 3.8) is 0 Å². The predicted molar refractivity (Wildman–Crippen MR) is 126 cm³/mol. The van der Waals surface area contributed by atoms with Gasteiger partial charge < -0.3 is 19.9 Å². The van der Waals surface area contributed by atoms with E-state index in [0.29, 0.717) is 23.0 Å². The number of hydrogen-bond acceptors (Lipinski definition) is 8. The molecule has 0 aromatic heterocycles. The number of rotatable bonds is 9. The van der Waals surface area contributed by atoms with Crippen LogP contribution in [0.4, 0.5) is 10.5 Å². The van der Waals surface area contributed by atoms with Crippen molar-refractivity contribution in [1.29, 1.82) is 0 Å². The zero-order chi connectivity index (χ0) is 24.0. The molecular formula is C22H20N2O7S2. The van der Waals surface area contributed by atoms with Crippen LogP contribution in [0.2, 0.25) is 0 Å². The molecule has 0 radical (unpaired) electrons. The lowest BCUT2D eigenvalue weighted by Gasteiger charge is -2.13. The fourth-order valence-corrected chi connectivity index (χ4v) is 4.21.